The van der Waals surface area contributed by atoms with Crippen LogP contribution in [0.4, 0.5) is 0 Å². The Morgan fingerprint density at radius 1 is 1.38 bits per heavy atom. The molecule has 7 nitrogen and oxygen atoms in total. The molecular weight excluding hydrogens is 308 g/mol. The lowest BCUT2D eigenvalue weighted by Crippen LogP contribution is -2.39. The lowest BCUT2D eigenvalue weighted by atomic mass is 9.78. The monoisotopic (exact) mass is 330 g/mol. The molecule has 0 aliphatic heterocycles. The van der Waals surface area contributed by atoms with Crippen LogP contribution >= 0.6 is 0 Å². The van der Waals surface area contributed by atoms with E-state index in [9.17, 15) is 20.0 Å². The van der Waals surface area contributed by atoms with Gasteiger partial charge in [-0.1, -0.05) is 0 Å². The van der Waals surface area contributed by atoms with E-state index in [0.717, 1.165) is 12.8 Å². The van der Waals surface area contributed by atoms with Crippen molar-refractivity contribution in [1.29, 1.82) is 5.26 Å². The van der Waals surface area contributed by atoms with Crippen molar-refractivity contribution in [2.45, 2.75) is 63.0 Å². The number of nitriles is 1. The maximum atomic E-state index is 12.1. The molecule has 128 valence electrons. The summed E-state index contributed by atoms with van der Waals surface area (Å²) >= 11 is 0. The first-order valence-electron chi connectivity index (χ1n) is 8.42. The SMILES string of the molecule is N#CCC1(n2cc(C(N)=O)c(CC(=O)C3CC3)n2)CCC(O)CC1. The highest BCUT2D eigenvalue weighted by atomic mass is 16.3. The number of Topliss-reactive ketones (excluding diaryl/α,β-unsaturated/α-hetero) is 1. The van der Waals surface area contributed by atoms with Gasteiger partial charge in [-0.3, -0.25) is 14.3 Å². The van der Waals surface area contributed by atoms with Crippen LogP contribution in [-0.2, 0) is 16.8 Å². The second kappa shape index (κ2) is 6.36. The summed E-state index contributed by atoms with van der Waals surface area (Å²) in [7, 11) is 0. The molecule has 1 aromatic heterocycles. The van der Waals surface area contributed by atoms with Crippen molar-refractivity contribution in [2.24, 2.45) is 11.7 Å². The van der Waals surface area contributed by atoms with E-state index < -0.39 is 11.4 Å². The summed E-state index contributed by atoms with van der Waals surface area (Å²) in [5, 5.41) is 23.5. The van der Waals surface area contributed by atoms with Crippen molar-refractivity contribution in [1.82, 2.24) is 9.78 Å². The fourth-order valence-corrected chi connectivity index (χ4v) is 3.48. The Kier molecular flexibility index (Phi) is 4.41. The summed E-state index contributed by atoms with van der Waals surface area (Å²) in [6.45, 7) is 0. The average molecular weight is 330 g/mol. The number of nitrogens with two attached hydrogens (primary N) is 1. The Bertz CT molecular complexity index is 691. The van der Waals surface area contributed by atoms with E-state index in [1.165, 1.54) is 0 Å². The summed E-state index contributed by atoms with van der Waals surface area (Å²) in [6, 6.07) is 2.19. The third kappa shape index (κ3) is 3.20. The highest BCUT2D eigenvalue weighted by Gasteiger charge is 2.39. The number of carbonyl (C=O) groups excluding carboxylic acids is 2. The molecule has 0 atom stereocenters. The number of carbonyl (C=O) groups is 2. The minimum Gasteiger partial charge on any atom is -0.393 e. The van der Waals surface area contributed by atoms with Gasteiger partial charge >= 0.3 is 0 Å². The van der Waals surface area contributed by atoms with Crippen molar-refractivity contribution in [3.63, 3.8) is 0 Å². The molecule has 1 heterocycles. The molecule has 0 unspecified atom stereocenters. The third-order valence-electron chi connectivity index (χ3n) is 5.21. The van der Waals surface area contributed by atoms with Crippen LogP contribution in [0.2, 0.25) is 0 Å². The minimum absolute atomic E-state index is 0.0915. The second-order valence-electron chi connectivity index (χ2n) is 7.01. The number of ketones is 1. The summed E-state index contributed by atoms with van der Waals surface area (Å²) in [6.07, 6.45) is 5.77. The first-order valence-corrected chi connectivity index (χ1v) is 8.42. The van der Waals surface area contributed by atoms with Crippen LogP contribution in [0.15, 0.2) is 6.20 Å². The molecule has 0 aromatic carbocycles. The number of aliphatic hydroxyl groups excluding tert-OH is 1. The number of amides is 1. The average Bonchev–Trinajstić information content (AvgIpc) is 3.31. The molecule has 2 saturated carbocycles. The number of aromatic nitrogens is 2. The first-order chi connectivity index (χ1) is 11.4. The van der Waals surface area contributed by atoms with Gasteiger partial charge in [0.25, 0.3) is 5.91 Å². The molecule has 2 fully saturated rings. The molecule has 0 saturated heterocycles. The van der Waals surface area contributed by atoms with Gasteiger partial charge in [-0.15, -0.1) is 0 Å². The van der Waals surface area contributed by atoms with Crippen molar-refractivity contribution in [3.05, 3.63) is 17.5 Å². The van der Waals surface area contributed by atoms with Gasteiger partial charge in [0.15, 0.2) is 0 Å². The van der Waals surface area contributed by atoms with Gasteiger partial charge in [0.2, 0.25) is 0 Å². The second-order valence-corrected chi connectivity index (χ2v) is 7.01. The predicted octanol–water partition coefficient (Wildman–Crippen LogP) is 1.05. The van der Waals surface area contributed by atoms with Crippen molar-refractivity contribution in [2.75, 3.05) is 0 Å². The van der Waals surface area contributed by atoms with E-state index in [4.69, 9.17) is 5.73 Å². The van der Waals surface area contributed by atoms with E-state index in [1.807, 2.05) is 0 Å². The zero-order valence-electron chi connectivity index (χ0n) is 13.6. The number of nitrogens with zero attached hydrogens (tertiary/aromatic N) is 3. The van der Waals surface area contributed by atoms with Gasteiger partial charge in [-0.2, -0.15) is 10.4 Å². The molecule has 24 heavy (non-hydrogen) atoms. The largest absolute Gasteiger partial charge is 0.393 e. The van der Waals surface area contributed by atoms with Gasteiger partial charge < -0.3 is 10.8 Å². The van der Waals surface area contributed by atoms with E-state index >= 15 is 0 Å². The topological polar surface area (TPSA) is 122 Å². The van der Waals surface area contributed by atoms with Crippen LogP contribution in [0.1, 0.15) is 61.0 Å². The molecular formula is C17H22N4O3. The fraction of sp³-hybridized carbons (Fsp3) is 0.647. The smallest absolute Gasteiger partial charge is 0.252 e. The van der Waals surface area contributed by atoms with Crippen LogP contribution in [0.25, 0.3) is 0 Å². The highest BCUT2D eigenvalue weighted by Crippen LogP contribution is 2.38. The summed E-state index contributed by atoms with van der Waals surface area (Å²) in [5.74, 6) is -0.423. The summed E-state index contributed by atoms with van der Waals surface area (Å²) in [5.41, 5.74) is 5.58. The van der Waals surface area contributed by atoms with Crippen LogP contribution in [0, 0.1) is 17.2 Å². The molecule has 3 rings (SSSR count). The molecule has 7 heteroatoms. The van der Waals surface area contributed by atoms with Crippen molar-refractivity contribution < 1.29 is 14.7 Å². The number of hydrogen-bond acceptors (Lipinski definition) is 5. The van der Waals surface area contributed by atoms with Gasteiger partial charge in [-0.05, 0) is 38.5 Å². The van der Waals surface area contributed by atoms with Gasteiger partial charge in [0, 0.05) is 12.1 Å². The summed E-state index contributed by atoms with van der Waals surface area (Å²) < 4.78 is 1.65. The molecule has 1 amide bonds. The van der Waals surface area contributed by atoms with E-state index in [2.05, 4.69) is 11.2 Å². The van der Waals surface area contributed by atoms with E-state index in [0.29, 0.717) is 31.4 Å². The molecule has 1 aromatic rings. The zero-order valence-corrected chi connectivity index (χ0v) is 13.6. The Balaban J connectivity index is 1.92. The van der Waals surface area contributed by atoms with Crippen LogP contribution in [0.3, 0.4) is 0 Å². The number of hydrogen-bond donors (Lipinski definition) is 2. The van der Waals surface area contributed by atoms with Crippen molar-refractivity contribution >= 4 is 11.7 Å². The first kappa shape index (κ1) is 16.7. The predicted molar refractivity (Wildman–Crippen MR) is 84.9 cm³/mol. The van der Waals surface area contributed by atoms with Crippen LogP contribution < -0.4 is 5.73 Å². The third-order valence-corrected chi connectivity index (χ3v) is 5.21. The Morgan fingerprint density at radius 3 is 2.58 bits per heavy atom. The molecule has 2 aliphatic carbocycles. The van der Waals surface area contributed by atoms with Gasteiger partial charge in [0.1, 0.15) is 5.78 Å². The van der Waals surface area contributed by atoms with Crippen molar-refractivity contribution in [3.8, 4) is 6.07 Å². The van der Waals surface area contributed by atoms with E-state index in [-0.39, 0.29) is 36.2 Å². The minimum atomic E-state index is -0.609. The number of aliphatic hydroxyl groups is 1. The van der Waals surface area contributed by atoms with E-state index in [1.54, 1.807) is 10.9 Å². The van der Waals surface area contributed by atoms with Gasteiger partial charge in [-0.25, -0.2) is 0 Å². The fourth-order valence-electron chi connectivity index (χ4n) is 3.48. The number of primary amides is 1. The number of rotatable bonds is 6. The lowest BCUT2D eigenvalue weighted by Gasteiger charge is -2.37. The van der Waals surface area contributed by atoms with Crippen LogP contribution in [-0.4, -0.2) is 32.7 Å². The lowest BCUT2D eigenvalue weighted by molar-refractivity contribution is -0.119. The maximum absolute atomic E-state index is 12.1. The quantitative estimate of drug-likeness (QED) is 0.807. The maximum Gasteiger partial charge on any atom is 0.252 e. The normalized spacial score (nSPS) is 26.8. The zero-order chi connectivity index (χ0) is 17.3. The molecule has 0 bridgehead atoms. The Morgan fingerprint density at radius 2 is 2.04 bits per heavy atom. The highest BCUT2D eigenvalue weighted by molar-refractivity contribution is 5.95. The van der Waals surface area contributed by atoms with Crippen LogP contribution in [0.5, 0.6) is 0 Å². The summed E-state index contributed by atoms with van der Waals surface area (Å²) in [4.78, 5) is 23.8. The molecule has 0 spiro atoms. The van der Waals surface area contributed by atoms with Gasteiger partial charge in [0.05, 0.1) is 41.8 Å². The molecule has 3 N–H and O–H groups in total. The standard InChI is InChI=1S/C17H22N4O3/c18-8-7-17(5-3-12(22)4-6-17)21-10-13(16(19)24)14(20-21)9-15(23)11-1-2-11/h10-12,22H,1-7,9H2,(H2,19,24). The molecule has 2 aliphatic rings. The molecule has 0 radical (unpaired) electrons. The Labute approximate surface area is 140 Å². The Hall–Kier alpha value is -2.20.